The molecule has 1 N–H and O–H groups in total. The molecule has 0 saturated heterocycles. The molecule has 0 spiro atoms. The van der Waals surface area contributed by atoms with Gasteiger partial charge in [0.05, 0.1) is 33.8 Å². The second kappa shape index (κ2) is 55.5. The van der Waals surface area contributed by atoms with E-state index in [0.717, 1.165) is 64.2 Å². The zero-order valence-corrected chi connectivity index (χ0v) is 51.4. The Hall–Kier alpha value is -1.77. The highest BCUT2D eigenvalue weighted by atomic mass is 31.2. The van der Waals surface area contributed by atoms with Crippen molar-refractivity contribution in [3.05, 3.63) is 36.5 Å². The molecule has 1 amide bonds. The molecule has 0 aromatic rings. The van der Waals surface area contributed by atoms with Gasteiger partial charge in [-0.3, -0.25) is 14.2 Å². The molecule has 442 valence electrons. The number of likely N-dealkylation sites (N-methyl/N-ethyl adjacent to an activating group) is 1. The smallest absolute Gasteiger partial charge is 0.306 e. The number of esters is 1. The Morgan fingerprint density at radius 2 is 0.813 bits per heavy atom. The molecule has 3 atom stereocenters. The number of phosphoric ester groups is 1. The van der Waals surface area contributed by atoms with Crippen molar-refractivity contribution in [1.29, 1.82) is 0 Å². The highest BCUT2D eigenvalue weighted by Crippen LogP contribution is 2.38. The number of allylic oxidation sites excluding steroid dienone is 5. The Morgan fingerprint density at radius 3 is 1.23 bits per heavy atom. The number of amides is 1. The van der Waals surface area contributed by atoms with Gasteiger partial charge in [-0.2, -0.15) is 0 Å². The molecule has 9 nitrogen and oxygen atoms in total. The number of carbonyl (C=O) groups excluding carboxylic acids is 2. The van der Waals surface area contributed by atoms with Crippen molar-refractivity contribution in [2.75, 3.05) is 40.9 Å². The lowest BCUT2D eigenvalue weighted by molar-refractivity contribution is -0.870. The van der Waals surface area contributed by atoms with Crippen LogP contribution < -0.4 is 10.2 Å². The number of rotatable bonds is 59. The Morgan fingerprint density at radius 1 is 0.467 bits per heavy atom. The Balaban J connectivity index is 5.20. The van der Waals surface area contributed by atoms with Crippen LogP contribution in [0.3, 0.4) is 0 Å². The van der Waals surface area contributed by atoms with Gasteiger partial charge in [-0.1, -0.05) is 276 Å². The molecule has 0 bridgehead atoms. The van der Waals surface area contributed by atoms with E-state index in [-0.39, 0.29) is 31.5 Å². The maximum Gasteiger partial charge on any atom is 0.306 e. The average molecular weight is 1080 g/mol. The van der Waals surface area contributed by atoms with E-state index >= 15 is 0 Å². The maximum absolute atomic E-state index is 13.6. The largest absolute Gasteiger partial charge is 0.756 e. The summed E-state index contributed by atoms with van der Waals surface area (Å²) in [5, 5.41) is 3.04. The third-order valence-corrected chi connectivity index (χ3v) is 15.5. The third-order valence-electron chi connectivity index (χ3n) is 14.6. The van der Waals surface area contributed by atoms with E-state index < -0.39 is 20.0 Å². The van der Waals surface area contributed by atoms with Gasteiger partial charge >= 0.3 is 5.97 Å². The van der Waals surface area contributed by atoms with E-state index in [1.54, 1.807) is 0 Å². The van der Waals surface area contributed by atoms with E-state index in [4.69, 9.17) is 13.8 Å². The number of nitrogens with zero attached hydrogens (tertiary/aromatic N) is 1. The first kappa shape index (κ1) is 73.2. The van der Waals surface area contributed by atoms with E-state index in [0.29, 0.717) is 17.4 Å². The van der Waals surface area contributed by atoms with Crippen molar-refractivity contribution >= 4 is 19.7 Å². The minimum Gasteiger partial charge on any atom is -0.756 e. The minimum atomic E-state index is -4.70. The summed E-state index contributed by atoms with van der Waals surface area (Å²) in [5.74, 6) is -0.528. The fraction of sp³-hybridized carbons (Fsp3) is 0.877. The molecule has 0 fully saturated rings. The van der Waals surface area contributed by atoms with Crippen LogP contribution in [0, 0.1) is 0 Å². The summed E-state index contributed by atoms with van der Waals surface area (Å²) in [6, 6.07) is -0.885. The topological polar surface area (TPSA) is 114 Å². The van der Waals surface area contributed by atoms with Crippen LogP contribution in [0.2, 0.25) is 0 Å². The lowest BCUT2D eigenvalue weighted by Gasteiger charge is -2.30. The van der Waals surface area contributed by atoms with Crippen molar-refractivity contribution in [3.8, 4) is 0 Å². The second-order valence-corrected chi connectivity index (χ2v) is 24.7. The SMILES string of the molecule is CCCCC/C=C\C/C=C\CCCCCCCCCCCCCC(=O)NC(COP(=O)([O-])OCC[N+](C)(C)C)C(/C=C\CCCCCCCCCCCCC)OC(=O)CCCCCCCCCCCCCCCCC. The number of quaternary nitrogens is 1. The van der Waals surface area contributed by atoms with Crippen LogP contribution in [0.1, 0.15) is 316 Å². The molecular formula is C65H125N2O7P. The predicted octanol–water partition coefficient (Wildman–Crippen LogP) is 19.3. The summed E-state index contributed by atoms with van der Waals surface area (Å²) < 4.78 is 30.4. The molecule has 0 aromatic heterocycles. The first-order valence-corrected chi connectivity index (χ1v) is 33.8. The van der Waals surface area contributed by atoms with Crippen LogP contribution in [0.4, 0.5) is 0 Å². The number of nitrogens with one attached hydrogen (secondary N) is 1. The van der Waals surface area contributed by atoms with Crippen LogP contribution in [-0.2, 0) is 27.9 Å². The van der Waals surface area contributed by atoms with Crippen molar-refractivity contribution in [3.63, 3.8) is 0 Å². The zero-order valence-electron chi connectivity index (χ0n) is 50.5. The third kappa shape index (κ3) is 56.8. The first-order chi connectivity index (χ1) is 36.4. The van der Waals surface area contributed by atoms with Crippen molar-refractivity contribution in [2.24, 2.45) is 0 Å². The van der Waals surface area contributed by atoms with Crippen LogP contribution >= 0.6 is 7.82 Å². The molecule has 0 heterocycles. The molecule has 0 aliphatic carbocycles. The standard InChI is InChI=1S/C65H125N2O7P/c1-7-10-13-16-19-22-25-28-30-31-32-33-34-35-37-39-42-45-48-51-54-57-64(68)66-62(61-73-75(70,71)72-60-59-67(4,5)6)63(56-53-50-47-44-41-38-27-24-21-18-15-12-9-3)74-65(69)58-55-52-49-46-43-40-36-29-26-23-20-17-14-11-8-2/h19,22,28,30,53,56,62-63H,7-18,20-21,23-27,29,31-52,54-55,57-61H2,1-6H3,(H-,66,68,70,71)/b22-19-,30-28-,56-53-. The number of hydrogen-bond donors (Lipinski definition) is 1. The molecule has 0 saturated carbocycles. The lowest BCUT2D eigenvalue weighted by Crippen LogP contribution is -2.47. The monoisotopic (exact) mass is 1080 g/mol. The van der Waals surface area contributed by atoms with Gasteiger partial charge in [0, 0.05) is 12.8 Å². The summed E-state index contributed by atoms with van der Waals surface area (Å²) in [6.07, 6.45) is 66.7. The molecule has 10 heteroatoms. The Kier molecular flexibility index (Phi) is 54.2. The van der Waals surface area contributed by atoms with Gasteiger partial charge in [0.2, 0.25) is 5.91 Å². The van der Waals surface area contributed by atoms with Crippen molar-refractivity contribution in [2.45, 2.75) is 328 Å². The number of hydrogen-bond acceptors (Lipinski definition) is 7. The fourth-order valence-electron chi connectivity index (χ4n) is 9.55. The van der Waals surface area contributed by atoms with Gasteiger partial charge < -0.3 is 28.5 Å². The van der Waals surface area contributed by atoms with Gasteiger partial charge in [-0.05, 0) is 63.9 Å². The molecule has 0 aliphatic rings. The summed E-state index contributed by atoms with van der Waals surface area (Å²) in [5.41, 5.74) is 0. The molecule has 0 radical (unpaired) electrons. The molecule has 0 rings (SSSR count). The van der Waals surface area contributed by atoms with Crippen molar-refractivity contribution in [1.82, 2.24) is 5.32 Å². The van der Waals surface area contributed by atoms with E-state index in [1.807, 2.05) is 33.3 Å². The summed E-state index contributed by atoms with van der Waals surface area (Å²) in [6.45, 7) is 6.86. The van der Waals surface area contributed by atoms with Gasteiger partial charge in [0.1, 0.15) is 19.3 Å². The molecule has 3 unspecified atom stereocenters. The quantitative estimate of drug-likeness (QED) is 0.0212. The van der Waals surface area contributed by atoms with E-state index in [9.17, 15) is 19.0 Å². The van der Waals surface area contributed by atoms with E-state index in [1.165, 1.54) is 218 Å². The highest BCUT2D eigenvalue weighted by Gasteiger charge is 2.27. The van der Waals surface area contributed by atoms with Crippen molar-refractivity contribution < 1.29 is 37.3 Å². The zero-order chi connectivity index (χ0) is 55.0. The summed E-state index contributed by atoms with van der Waals surface area (Å²) >= 11 is 0. The van der Waals surface area contributed by atoms with Crippen LogP contribution in [0.25, 0.3) is 0 Å². The predicted molar refractivity (Wildman–Crippen MR) is 321 cm³/mol. The summed E-state index contributed by atoms with van der Waals surface area (Å²) in [4.78, 5) is 40.0. The lowest BCUT2D eigenvalue weighted by atomic mass is 10.0. The number of unbranched alkanes of at least 4 members (excludes halogenated alkanes) is 39. The van der Waals surface area contributed by atoms with Gasteiger partial charge in [0.15, 0.2) is 0 Å². The fourth-order valence-corrected chi connectivity index (χ4v) is 10.3. The maximum atomic E-state index is 13.6. The summed E-state index contributed by atoms with van der Waals surface area (Å²) in [7, 11) is 1.20. The number of ether oxygens (including phenoxy) is 1. The molecule has 0 aromatic carbocycles. The average Bonchev–Trinajstić information content (AvgIpc) is 3.37. The highest BCUT2D eigenvalue weighted by molar-refractivity contribution is 7.45. The van der Waals surface area contributed by atoms with Gasteiger partial charge in [-0.25, -0.2) is 0 Å². The number of carbonyl (C=O) groups is 2. The van der Waals surface area contributed by atoms with E-state index in [2.05, 4.69) is 50.4 Å². The first-order valence-electron chi connectivity index (χ1n) is 32.3. The molecule has 75 heavy (non-hydrogen) atoms. The Bertz CT molecular complexity index is 1380. The molecular weight excluding hydrogens is 952 g/mol. The normalized spacial score (nSPS) is 13.9. The van der Waals surface area contributed by atoms with Crippen LogP contribution in [-0.4, -0.2) is 69.4 Å². The van der Waals surface area contributed by atoms with Crippen LogP contribution in [0.5, 0.6) is 0 Å². The Labute approximate surface area is 466 Å². The van der Waals surface area contributed by atoms with Gasteiger partial charge in [-0.15, -0.1) is 0 Å². The minimum absolute atomic E-state index is 0.0201. The van der Waals surface area contributed by atoms with Gasteiger partial charge in [0.25, 0.3) is 7.82 Å². The number of phosphoric acid groups is 1. The van der Waals surface area contributed by atoms with Crippen LogP contribution in [0.15, 0.2) is 36.5 Å². The second-order valence-electron chi connectivity index (χ2n) is 23.3. The molecule has 0 aliphatic heterocycles.